The molecular weight excluding hydrogens is 576 g/mol. The Morgan fingerprint density at radius 3 is 2.53 bits per heavy atom. The number of ketones is 2. The normalized spacial score (nSPS) is 32.3. The van der Waals surface area contributed by atoms with Crippen LogP contribution >= 0.6 is 11.9 Å². The van der Waals surface area contributed by atoms with E-state index in [1.165, 1.54) is 4.90 Å². The van der Waals surface area contributed by atoms with Gasteiger partial charge in [-0.1, -0.05) is 18.0 Å². The third-order valence-corrected chi connectivity index (χ3v) is 10.6. The maximum Gasteiger partial charge on any atom is 0.255 e. The van der Waals surface area contributed by atoms with Gasteiger partial charge < -0.3 is 31.5 Å². The van der Waals surface area contributed by atoms with Crippen LogP contribution in [0.15, 0.2) is 29.0 Å². The van der Waals surface area contributed by atoms with Crippen LogP contribution in [0.2, 0.25) is 0 Å². The summed E-state index contributed by atoms with van der Waals surface area (Å²) in [6, 6.07) is 2.34. The highest BCUT2D eigenvalue weighted by Crippen LogP contribution is 2.53. The number of Topliss-reactive ketones (excluding diaryl/α,β-unsaturated/α-hetero) is 2. The average molecular weight is 613 g/mol. The zero-order chi connectivity index (χ0) is 31.0. The lowest BCUT2D eigenvalue weighted by Crippen LogP contribution is -2.65. The van der Waals surface area contributed by atoms with E-state index in [4.69, 9.17) is 5.73 Å². The molecule has 0 spiro atoms. The van der Waals surface area contributed by atoms with Gasteiger partial charge in [0.1, 0.15) is 22.8 Å². The summed E-state index contributed by atoms with van der Waals surface area (Å²) >= 11 is 1.68. The first kappa shape index (κ1) is 29.7. The number of aromatic hydroxyl groups is 1. The third kappa shape index (κ3) is 4.64. The summed E-state index contributed by atoms with van der Waals surface area (Å²) in [6.45, 7) is 0. The number of hydrogen-bond donors (Lipinski definition) is 7. The predicted molar refractivity (Wildman–Crippen MR) is 158 cm³/mol. The van der Waals surface area contributed by atoms with E-state index in [0.29, 0.717) is 11.5 Å². The number of nitrogens with zero attached hydrogens (tertiary/aromatic N) is 1. The summed E-state index contributed by atoms with van der Waals surface area (Å²) in [4.78, 5) is 53.8. The van der Waals surface area contributed by atoms with Crippen molar-refractivity contribution in [2.45, 2.75) is 56.2 Å². The quantitative estimate of drug-likeness (QED) is 0.139. The van der Waals surface area contributed by atoms with Crippen LogP contribution in [0.4, 0.5) is 5.69 Å². The van der Waals surface area contributed by atoms with Crippen molar-refractivity contribution in [2.24, 2.45) is 29.4 Å². The van der Waals surface area contributed by atoms with Crippen LogP contribution in [0.25, 0.3) is 5.76 Å². The molecule has 3 fully saturated rings. The number of phenols is 1. The largest absolute Gasteiger partial charge is 0.508 e. The second-order valence-corrected chi connectivity index (χ2v) is 13.5. The van der Waals surface area contributed by atoms with E-state index in [-0.39, 0.29) is 54.0 Å². The lowest BCUT2D eigenvalue weighted by Gasteiger charge is -2.50. The first-order valence-electron chi connectivity index (χ1n) is 14.5. The average Bonchev–Trinajstić information content (AvgIpc) is 3.78. The van der Waals surface area contributed by atoms with Gasteiger partial charge in [-0.3, -0.25) is 28.8 Å². The Labute approximate surface area is 252 Å². The molecule has 2 saturated carbocycles. The third-order valence-electron chi connectivity index (χ3n) is 9.76. The standard InChI is InChI=1S/C30H36N4O8S/c1-34(2)23-16-10-15-9-13-5-6-17(32-18(35)11-14-7-8-43-33-22(14)12-3-4-12)24(36)19(13)25(37)20(15)27(39)30(16,42)28(40)21(26(23)38)29(31)41/h5-6,12,14-16,22-23,33,36-37,40,42H,3-4,7-11H2,1-2H3,(H2,31,41)(H,32,35)/t14?,15?,16?,22?,23-,30-/m0/s1. The molecule has 1 aliphatic heterocycles. The van der Waals surface area contributed by atoms with E-state index >= 15 is 0 Å². The van der Waals surface area contributed by atoms with Crippen molar-refractivity contribution in [2.75, 3.05) is 25.2 Å². The number of carbonyl (C=O) groups is 4. The van der Waals surface area contributed by atoms with Gasteiger partial charge in [-0.05, 0) is 75.6 Å². The minimum absolute atomic E-state index is 0.0148. The second-order valence-electron chi connectivity index (χ2n) is 12.6. The van der Waals surface area contributed by atoms with Crippen LogP contribution in [0, 0.1) is 23.7 Å². The van der Waals surface area contributed by atoms with Gasteiger partial charge in [0.2, 0.25) is 11.7 Å². The molecule has 1 aromatic rings. The van der Waals surface area contributed by atoms with Gasteiger partial charge in [0.15, 0.2) is 11.4 Å². The number of nitrogens with two attached hydrogens (primary N) is 1. The molecule has 0 aromatic heterocycles. The Hall–Kier alpha value is -3.39. The minimum atomic E-state index is -2.70. The number of benzene rings is 1. The number of aliphatic hydroxyl groups excluding tert-OH is 2. The molecule has 6 atom stereocenters. The van der Waals surface area contributed by atoms with Gasteiger partial charge in [-0.25, -0.2) is 0 Å². The molecule has 230 valence electrons. The van der Waals surface area contributed by atoms with E-state index < -0.39 is 63.8 Å². The van der Waals surface area contributed by atoms with Crippen LogP contribution in [0.3, 0.4) is 0 Å². The summed E-state index contributed by atoms with van der Waals surface area (Å²) in [5.41, 5.74) is 2.12. The fourth-order valence-electron chi connectivity index (χ4n) is 7.57. The van der Waals surface area contributed by atoms with Gasteiger partial charge in [0.25, 0.3) is 5.91 Å². The number of anilines is 1. The van der Waals surface area contributed by atoms with Crippen molar-refractivity contribution in [1.82, 2.24) is 9.62 Å². The van der Waals surface area contributed by atoms with Crippen molar-refractivity contribution >= 4 is 46.8 Å². The summed E-state index contributed by atoms with van der Waals surface area (Å²) in [6.07, 6.45) is 3.67. The molecule has 1 heterocycles. The predicted octanol–water partition coefficient (Wildman–Crippen LogP) is 1.33. The highest BCUT2D eigenvalue weighted by atomic mass is 32.2. The smallest absolute Gasteiger partial charge is 0.255 e. The molecular formula is C30H36N4O8S. The first-order chi connectivity index (χ1) is 20.4. The number of nitrogens with one attached hydrogen (secondary N) is 2. The van der Waals surface area contributed by atoms with Crippen LogP contribution in [0.1, 0.15) is 43.2 Å². The molecule has 1 aromatic carbocycles. The summed E-state index contributed by atoms with van der Waals surface area (Å²) in [5.74, 6) is -5.72. The Balaban J connectivity index is 1.33. The molecule has 5 aliphatic rings. The van der Waals surface area contributed by atoms with Gasteiger partial charge in [0, 0.05) is 29.7 Å². The number of carbonyl (C=O) groups excluding carboxylic acids is 4. The second kappa shape index (κ2) is 10.7. The minimum Gasteiger partial charge on any atom is -0.508 e. The fraction of sp³-hybridized carbons (Fsp3) is 0.533. The topological polar surface area (TPSA) is 203 Å². The molecule has 4 aliphatic carbocycles. The van der Waals surface area contributed by atoms with Gasteiger partial charge in [-0.2, -0.15) is 0 Å². The Kier molecular flexibility index (Phi) is 7.35. The molecule has 0 bridgehead atoms. The number of amides is 2. The summed E-state index contributed by atoms with van der Waals surface area (Å²) in [5, 5.41) is 48.1. The van der Waals surface area contributed by atoms with E-state index in [2.05, 4.69) is 10.0 Å². The first-order valence-corrected chi connectivity index (χ1v) is 15.5. The van der Waals surface area contributed by atoms with Crippen LogP contribution in [-0.2, 0) is 25.6 Å². The molecule has 0 radical (unpaired) electrons. The van der Waals surface area contributed by atoms with Crippen molar-refractivity contribution in [1.29, 1.82) is 0 Å². The van der Waals surface area contributed by atoms with Gasteiger partial charge in [-0.15, -0.1) is 0 Å². The number of hydrogen-bond acceptors (Lipinski definition) is 11. The lowest BCUT2D eigenvalue weighted by molar-refractivity contribution is -0.153. The van der Waals surface area contributed by atoms with Crippen molar-refractivity contribution < 1.29 is 39.6 Å². The van der Waals surface area contributed by atoms with E-state index in [1.54, 1.807) is 38.2 Å². The molecule has 1 saturated heterocycles. The SMILES string of the molecule is CN(C)[C@@H]1C(=O)C(C(N)=O)=C(O)[C@@]2(O)C(=O)C3=C(O)c4c(ccc(NC(=O)CC5CCSNC5C5CC5)c4O)CC3CC12. The monoisotopic (exact) mass is 612 g/mol. The Morgan fingerprint density at radius 2 is 1.88 bits per heavy atom. The number of rotatable bonds is 6. The Bertz CT molecular complexity index is 1500. The number of primary amides is 1. The highest BCUT2D eigenvalue weighted by Gasteiger charge is 2.64. The molecule has 8 N–H and O–H groups in total. The molecule has 4 unspecified atom stereocenters. The zero-order valence-electron chi connectivity index (χ0n) is 23.9. The zero-order valence-corrected chi connectivity index (χ0v) is 24.7. The molecule has 2 amide bonds. The Morgan fingerprint density at radius 1 is 1.16 bits per heavy atom. The van der Waals surface area contributed by atoms with Crippen molar-refractivity contribution in [3.8, 4) is 5.75 Å². The van der Waals surface area contributed by atoms with Crippen LogP contribution < -0.4 is 15.8 Å². The van der Waals surface area contributed by atoms with E-state index in [9.17, 15) is 39.6 Å². The van der Waals surface area contributed by atoms with Crippen molar-refractivity contribution in [3.63, 3.8) is 0 Å². The van der Waals surface area contributed by atoms with Crippen LogP contribution in [-0.4, -0.2) is 86.2 Å². The van der Waals surface area contributed by atoms with Gasteiger partial charge >= 0.3 is 0 Å². The number of aliphatic hydroxyl groups is 3. The summed E-state index contributed by atoms with van der Waals surface area (Å²) < 4.78 is 3.46. The van der Waals surface area contributed by atoms with Crippen molar-refractivity contribution in [3.05, 3.63) is 40.2 Å². The molecule has 13 heteroatoms. The van der Waals surface area contributed by atoms with E-state index in [1.807, 2.05) is 0 Å². The van der Waals surface area contributed by atoms with E-state index in [0.717, 1.165) is 25.0 Å². The maximum absolute atomic E-state index is 14.0. The fourth-order valence-corrected chi connectivity index (χ4v) is 8.68. The highest BCUT2D eigenvalue weighted by molar-refractivity contribution is 7.97. The molecule has 12 nitrogen and oxygen atoms in total. The van der Waals surface area contributed by atoms with Crippen LogP contribution in [0.5, 0.6) is 5.75 Å². The lowest BCUT2D eigenvalue weighted by atomic mass is 9.57. The summed E-state index contributed by atoms with van der Waals surface area (Å²) in [7, 11) is 3.11. The van der Waals surface area contributed by atoms with Gasteiger partial charge in [0.05, 0.1) is 17.3 Å². The molecule has 6 rings (SSSR count). The number of fused-ring (bicyclic) bond motifs is 3. The number of phenolic OH excluding ortho intramolecular Hbond substituents is 1. The molecule has 43 heavy (non-hydrogen) atoms. The number of likely N-dealkylation sites (N-methyl/N-ethyl adjacent to an activating group) is 1. The maximum atomic E-state index is 14.0.